The highest BCUT2D eigenvalue weighted by atomic mass is 16.5. The molecule has 1 aliphatic carbocycles. The summed E-state index contributed by atoms with van der Waals surface area (Å²) < 4.78 is 26.9. The highest BCUT2D eigenvalue weighted by molar-refractivity contribution is 5.67. The summed E-state index contributed by atoms with van der Waals surface area (Å²) in [6.45, 7) is 9.28. The Morgan fingerprint density at radius 2 is 1.81 bits per heavy atom. The molecule has 0 bridgehead atoms. The largest absolute Gasteiger partial charge is 0.487 e. The van der Waals surface area contributed by atoms with Crippen molar-refractivity contribution in [3.05, 3.63) is 55.0 Å². The summed E-state index contributed by atoms with van der Waals surface area (Å²) in [6.07, 6.45) is 12.8. The van der Waals surface area contributed by atoms with E-state index < -0.39 is 0 Å². The second kappa shape index (κ2) is 16.0. The van der Waals surface area contributed by atoms with Gasteiger partial charge in [-0.25, -0.2) is 19.6 Å². The van der Waals surface area contributed by atoms with E-state index >= 15 is 0 Å². The molecule has 2 aliphatic rings. The molecule has 0 radical (unpaired) electrons. The maximum atomic E-state index is 9.67. The van der Waals surface area contributed by atoms with Crippen LogP contribution in [0.15, 0.2) is 49.4 Å². The van der Waals surface area contributed by atoms with Gasteiger partial charge in [0.05, 0.1) is 50.8 Å². The number of aromatic nitrogens is 7. The third-order valence-electron chi connectivity index (χ3n) is 8.83. The van der Waals surface area contributed by atoms with Crippen molar-refractivity contribution >= 4 is 11.6 Å². The Morgan fingerprint density at radius 3 is 2.52 bits per heavy atom. The van der Waals surface area contributed by atoms with Crippen LogP contribution in [0.25, 0.3) is 11.1 Å². The van der Waals surface area contributed by atoms with E-state index in [1.165, 1.54) is 6.33 Å². The maximum Gasteiger partial charge on any atom is 0.256 e. The summed E-state index contributed by atoms with van der Waals surface area (Å²) in [6, 6.07) is 8.57. The third kappa shape index (κ3) is 8.46. The van der Waals surface area contributed by atoms with Crippen molar-refractivity contribution in [3.63, 3.8) is 0 Å². The number of hydrogen-bond donors (Lipinski definition) is 1. The molecule has 1 aromatic carbocycles. The van der Waals surface area contributed by atoms with Crippen LogP contribution in [-0.2, 0) is 16.0 Å². The van der Waals surface area contributed by atoms with Crippen LogP contribution in [-0.4, -0.2) is 98.2 Å². The second-order valence-electron chi connectivity index (χ2n) is 12.6. The van der Waals surface area contributed by atoms with Crippen molar-refractivity contribution in [3.8, 4) is 28.8 Å². The molecule has 0 unspecified atom stereocenters. The van der Waals surface area contributed by atoms with Gasteiger partial charge in [-0.1, -0.05) is 13.0 Å². The molecule has 3 aromatic heterocycles. The lowest BCUT2D eigenvalue weighted by molar-refractivity contribution is 0.00502. The Hall–Kier alpha value is -4.58. The van der Waals surface area contributed by atoms with Crippen molar-refractivity contribution in [2.45, 2.75) is 64.3 Å². The van der Waals surface area contributed by atoms with Gasteiger partial charge < -0.3 is 24.3 Å². The van der Waals surface area contributed by atoms with Crippen LogP contribution in [0, 0.1) is 17.2 Å². The molecule has 4 heterocycles. The van der Waals surface area contributed by atoms with E-state index in [0.717, 1.165) is 68.8 Å². The zero-order valence-corrected chi connectivity index (χ0v) is 27.9. The summed E-state index contributed by atoms with van der Waals surface area (Å²) in [5, 5.41) is 22.0. The van der Waals surface area contributed by atoms with Crippen molar-refractivity contribution in [1.29, 1.82) is 5.26 Å². The number of ether oxygens (including phenoxy) is 4. The average molecular weight is 657 g/mol. The molecule has 1 saturated heterocycles. The first-order chi connectivity index (χ1) is 23.5. The van der Waals surface area contributed by atoms with Crippen LogP contribution in [0.3, 0.4) is 0 Å². The number of rotatable bonds is 14. The highest BCUT2D eigenvalue weighted by Crippen LogP contribution is 2.35. The predicted molar refractivity (Wildman–Crippen MR) is 178 cm³/mol. The van der Waals surface area contributed by atoms with Crippen LogP contribution in [0.4, 0.5) is 11.6 Å². The van der Waals surface area contributed by atoms with Crippen LogP contribution < -0.4 is 14.8 Å². The standard InChI is InChI=1S/C34H44N10O4/c1-24(20-45-3)21-47-33-31(19-44(41-33)30-8-6-29(7-9-30)42-10-12-46-13-11-42)40-34-37-16-28(17-38-34)26-4-5-27(15-35)32(14-26)48-25(2)18-43-23-36-22-39-43/h4-5,14,16-17,19,22-25,29-30H,6-13,18,20-21H2,1-3H3,(H,37,38,40)/t24-,25-,29-,30-/m0/s1. The van der Waals surface area contributed by atoms with E-state index in [1.54, 1.807) is 36.6 Å². The number of hydrogen-bond acceptors (Lipinski definition) is 12. The van der Waals surface area contributed by atoms with E-state index in [9.17, 15) is 5.26 Å². The van der Waals surface area contributed by atoms with Gasteiger partial charge in [0, 0.05) is 50.1 Å². The van der Waals surface area contributed by atoms with Crippen LogP contribution >= 0.6 is 0 Å². The fourth-order valence-corrected chi connectivity index (χ4v) is 6.34. The molecule has 254 valence electrons. The van der Waals surface area contributed by atoms with Crippen molar-refractivity contribution in [2.75, 3.05) is 51.9 Å². The van der Waals surface area contributed by atoms with E-state index in [-0.39, 0.29) is 12.0 Å². The molecule has 2 fully saturated rings. The minimum atomic E-state index is -0.230. The normalized spacial score (nSPS) is 19.7. The molecule has 48 heavy (non-hydrogen) atoms. The number of nitrogens with one attached hydrogen (secondary N) is 1. The Kier molecular flexibility index (Phi) is 11.1. The van der Waals surface area contributed by atoms with Gasteiger partial charge in [0.1, 0.15) is 36.3 Å². The molecule has 4 aromatic rings. The SMILES string of the molecule is COC[C@H](C)COc1nn([C@H]2CC[C@H](N3CCOCC3)CC2)cc1Nc1ncc(-c2ccc(C#N)c(O[C@@H](C)Cn3cncn3)c2)cn1. The quantitative estimate of drug-likeness (QED) is 0.204. The molecular formula is C34H44N10O4. The molecule has 1 N–H and O–H groups in total. The number of methoxy groups -OCH3 is 1. The Balaban J connectivity index is 1.14. The molecule has 14 nitrogen and oxygen atoms in total. The molecule has 14 heteroatoms. The maximum absolute atomic E-state index is 9.67. The number of nitrogens with zero attached hydrogens (tertiary/aromatic N) is 9. The Morgan fingerprint density at radius 1 is 1.04 bits per heavy atom. The molecule has 1 aliphatic heterocycles. The Labute approximate surface area is 281 Å². The number of anilines is 2. The van der Waals surface area contributed by atoms with Gasteiger partial charge in [-0.05, 0) is 50.3 Å². The molecular weight excluding hydrogens is 612 g/mol. The Bertz CT molecular complexity index is 1620. The van der Waals surface area contributed by atoms with Gasteiger partial charge in [0.25, 0.3) is 5.88 Å². The first-order valence-corrected chi connectivity index (χ1v) is 16.6. The first-order valence-electron chi connectivity index (χ1n) is 16.6. The van der Waals surface area contributed by atoms with E-state index in [0.29, 0.717) is 55.0 Å². The summed E-state index contributed by atoms with van der Waals surface area (Å²) >= 11 is 0. The lowest BCUT2D eigenvalue weighted by Gasteiger charge is -2.38. The number of nitriles is 1. The van der Waals surface area contributed by atoms with Crippen LogP contribution in [0.1, 0.15) is 51.1 Å². The summed E-state index contributed by atoms with van der Waals surface area (Å²) in [7, 11) is 1.69. The number of benzene rings is 1. The van der Waals surface area contributed by atoms with Crippen LogP contribution in [0.2, 0.25) is 0 Å². The zero-order chi connectivity index (χ0) is 33.3. The first kappa shape index (κ1) is 33.3. The van der Waals surface area contributed by atoms with Crippen molar-refractivity contribution in [2.24, 2.45) is 5.92 Å². The van der Waals surface area contributed by atoms with E-state index in [4.69, 9.17) is 24.0 Å². The molecule has 0 spiro atoms. The van der Waals surface area contributed by atoms with Gasteiger partial charge in [-0.15, -0.1) is 5.10 Å². The van der Waals surface area contributed by atoms with Crippen molar-refractivity contribution in [1.82, 2.24) is 39.4 Å². The highest BCUT2D eigenvalue weighted by Gasteiger charge is 2.29. The van der Waals surface area contributed by atoms with E-state index in [1.807, 2.05) is 29.9 Å². The summed E-state index contributed by atoms with van der Waals surface area (Å²) in [4.78, 5) is 15.8. The van der Waals surface area contributed by atoms with E-state index in [2.05, 4.69) is 43.3 Å². The predicted octanol–water partition coefficient (Wildman–Crippen LogP) is 4.49. The molecule has 0 amide bonds. The average Bonchev–Trinajstić information content (AvgIpc) is 3.78. The lowest BCUT2D eigenvalue weighted by Crippen LogP contribution is -2.45. The minimum absolute atomic E-state index is 0.208. The third-order valence-corrected chi connectivity index (χ3v) is 8.83. The zero-order valence-electron chi connectivity index (χ0n) is 27.9. The molecule has 2 atom stereocenters. The van der Waals surface area contributed by atoms with Gasteiger partial charge in [-0.2, -0.15) is 10.4 Å². The summed E-state index contributed by atoms with van der Waals surface area (Å²) in [5.74, 6) is 1.64. The second-order valence-corrected chi connectivity index (χ2v) is 12.6. The van der Waals surface area contributed by atoms with Crippen LogP contribution in [0.5, 0.6) is 11.6 Å². The van der Waals surface area contributed by atoms with Gasteiger partial charge in [0.2, 0.25) is 5.95 Å². The fourth-order valence-electron chi connectivity index (χ4n) is 6.34. The molecule has 6 rings (SSSR count). The lowest BCUT2D eigenvalue weighted by atomic mass is 9.90. The molecule has 1 saturated carbocycles. The monoisotopic (exact) mass is 656 g/mol. The van der Waals surface area contributed by atoms with Crippen molar-refractivity contribution < 1.29 is 18.9 Å². The fraction of sp³-hybridized carbons (Fsp3) is 0.529. The van der Waals surface area contributed by atoms with Gasteiger partial charge in [0.15, 0.2) is 0 Å². The van der Waals surface area contributed by atoms with Gasteiger partial charge >= 0.3 is 0 Å². The number of morpholine rings is 1. The van der Waals surface area contributed by atoms with Gasteiger partial charge in [-0.3, -0.25) is 9.58 Å². The smallest absolute Gasteiger partial charge is 0.256 e. The minimum Gasteiger partial charge on any atom is -0.487 e. The topological polar surface area (TPSA) is 150 Å². The summed E-state index contributed by atoms with van der Waals surface area (Å²) in [5.41, 5.74) is 2.79.